The van der Waals surface area contributed by atoms with Gasteiger partial charge in [0, 0.05) is 18.6 Å². The zero-order valence-electron chi connectivity index (χ0n) is 10.3. The van der Waals surface area contributed by atoms with E-state index in [1.54, 1.807) is 0 Å². The van der Waals surface area contributed by atoms with Crippen molar-refractivity contribution in [2.45, 2.75) is 31.2 Å². The number of hydrogen-bond donors (Lipinski definition) is 0. The van der Waals surface area contributed by atoms with Crippen LogP contribution >= 0.6 is 0 Å². The van der Waals surface area contributed by atoms with Crippen molar-refractivity contribution in [3.05, 3.63) is 35.9 Å². The van der Waals surface area contributed by atoms with Crippen LogP contribution < -0.4 is 0 Å². The highest BCUT2D eigenvalue weighted by Crippen LogP contribution is 2.32. The standard InChI is InChI=1S/C15H21NO/c1-2-6-13(7-3-1)14-8-11-17-12-15(14)16-9-4-5-10-16/h1-3,6-7,14-15H,4-5,8-12H2. The zero-order valence-corrected chi connectivity index (χ0v) is 10.3. The molecule has 2 heterocycles. The summed E-state index contributed by atoms with van der Waals surface area (Å²) in [5.41, 5.74) is 1.49. The Balaban J connectivity index is 1.80. The maximum Gasteiger partial charge on any atom is 0.0627 e. The van der Waals surface area contributed by atoms with Gasteiger partial charge in [0.15, 0.2) is 0 Å². The SMILES string of the molecule is c1ccc(C2CCOCC2N2CCCC2)cc1. The van der Waals surface area contributed by atoms with E-state index in [1.807, 2.05) is 0 Å². The van der Waals surface area contributed by atoms with Crippen molar-refractivity contribution in [3.63, 3.8) is 0 Å². The fourth-order valence-electron chi connectivity index (χ4n) is 3.25. The van der Waals surface area contributed by atoms with Crippen LogP contribution in [0.25, 0.3) is 0 Å². The molecule has 2 aliphatic heterocycles. The smallest absolute Gasteiger partial charge is 0.0627 e. The lowest BCUT2D eigenvalue weighted by Crippen LogP contribution is -2.44. The van der Waals surface area contributed by atoms with Gasteiger partial charge in [-0.25, -0.2) is 0 Å². The summed E-state index contributed by atoms with van der Waals surface area (Å²) in [6.45, 7) is 4.36. The van der Waals surface area contributed by atoms with Crippen molar-refractivity contribution in [2.24, 2.45) is 0 Å². The Morgan fingerprint density at radius 2 is 1.82 bits per heavy atom. The lowest BCUT2D eigenvalue weighted by atomic mass is 9.87. The number of likely N-dealkylation sites (tertiary alicyclic amines) is 1. The van der Waals surface area contributed by atoms with Crippen LogP contribution in [0.1, 0.15) is 30.7 Å². The van der Waals surface area contributed by atoms with Crippen molar-refractivity contribution in [1.82, 2.24) is 4.90 Å². The van der Waals surface area contributed by atoms with E-state index in [-0.39, 0.29) is 0 Å². The molecular formula is C15H21NO. The lowest BCUT2D eigenvalue weighted by molar-refractivity contribution is 0.0125. The maximum atomic E-state index is 5.70. The molecule has 0 aromatic heterocycles. The minimum absolute atomic E-state index is 0.605. The second-order valence-electron chi connectivity index (χ2n) is 5.19. The molecule has 0 radical (unpaired) electrons. The average molecular weight is 231 g/mol. The fraction of sp³-hybridized carbons (Fsp3) is 0.600. The van der Waals surface area contributed by atoms with Crippen molar-refractivity contribution < 1.29 is 4.74 Å². The third-order valence-electron chi connectivity index (χ3n) is 4.16. The van der Waals surface area contributed by atoms with Crippen LogP contribution in [-0.2, 0) is 4.74 Å². The van der Waals surface area contributed by atoms with E-state index < -0.39 is 0 Å². The molecular weight excluding hydrogens is 210 g/mol. The molecule has 2 saturated heterocycles. The monoisotopic (exact) mass is 231 g/mol. The molecule has 2 fully saturated rings. The molecule has 17 heavy (non-hydrogen) atoms. The van der Waals surface area contributed by atoms with Gasteiger partial charge in [0.2, 0.25) is 0 Å². The van der Waals surface area contributed by atoms with Crippen LogP contribution in [-0.4, -0.2) is 37.2 Å². The largest absolute Gasteiger partial charge is 0.380 e. The summed E-state index contributed by atoms with van der Waals surface area (Å²) in [5.74, 6) is 0.669. The van der Waals surface area contributed by atoms with Crippen molar-refractivity contribution in [2.75, 3.05) is 26.3 Å². The van der Waals surface area contributed by atoms with E-state index in [0.717, 1.165) is 13.2 Å². The minimum atomic E-state index is 0.605. The van der Waals surface area contributed by atoms with E-state index in [9.17, 15) is 0 Å². The van der Waals surface area contributed by atoms with Crippen molar-refractivity contribution in [3.8, 4) is 0 Å². The Hall–Kier alpha value is -0.860. The Labute approximate surface area is 104 Å². The summed E-state index contributed by atoms with van der Waals surface area (Å²) in [7, 11) is 0. The summed E-state index contributed by atoms with van der Waals surface area (Å²) in [6, 6.07) is 11.6. The number of nitrogens with zero attached hydrogens (tertiary/aromatic N) is 1. The summed E-state index contributed by atoms with van der Waals surface area (Å²) in [4.78, 5) is 2.64. The second-order valence-corrected chi connectivity index (χ2v) is 5.19. The molecule has 0 spiro atoms. The first-order valence-corrected chi connectivity index (χ1v) is 6.82. The topological polar surface area (TPSA) is 12.5 Å². The minimum Gasteiger partial charge on any atom is -0.380 e. The van der Waals surface area contributed by atoms with Crippen LogP contribution in [0.15, 0.2) is 30.3 Å². The predicted octanol–water partition coefficient (Wildman–Crippen LogP) is 2.65. The first-order valence-electron chi connectivity index (χ1n) is 6.82. The molecule has 0 amide bonds. The van der Waals surface area contributed by atoms with Gasteiger partial charge < -0.3 is 4.74 Å². The Bertz CT molecular complexity index is 345. The summed E-state index contributed by atoms with van der Waals surface area (Å²) >= 11 is 0. The molecule has 0 aliphatic carbocycles. The van der Waals surface area contributed by atoms with E-state index in [4.69, 9.17) is 4.74 Å². The number of benzene rings is 1. The highest BCUT2D eigenvalue weighted by molar-refractivity contribution is 5.22. The van der Waals surface area contributed by atoms with Gasteiger partial charge in [-0.1, -0.05) is 30.3 Å². The van der Waals surface area contributed by atoms with Gasteiger partial charge >= 0.3 is 0 Å². The van der Waals surface area contributed by atoms with Gasteiger partial charge in [-0.05, 0) is 37.9 Å². The van der Waals surface area contributed by atoms with Gasteiger partial charge in [-0.15, -0.1) is 0 Å². The van der Waals surface area contributed by atoms with Crippen molar-refractivity contribution >= 4 is 0 Å². The highest BCUT2D eigenvalue weighted by atomic mass is 16.5. The molecule has 2 atom stereocenters. The van der Waals surface area contributed by atoms with E-state index in [1.165, 1.54) is 37.9 Å². The van der Waals surface area contributed by atoms with Crippen LogP contribution in [0, 0.1) is 0 Å². The Kier molecular flexibility index (Phi) is 3.44. The van der Waals surface area contributed by atoms with Gasteiger partial charge in [-0.2, -0.15) is 0 Å². The van der Waals surface area contributed by atoms with Crippen LogP contribution in [0.2, 0.25) is 0 Å². The zero-order chi connectivity index (χ0) is 11.5. The van der Waals surface area contributed by atoms with Crippen LogP contribution in [0.5, 0.6) is 0 Å². The summed E-state index contributed by atoms with van der Waals surface area (Å²) in [6.07, 6.45) is 3.89. The quantitative estimate of drug-likeness (QED) is 0.776. The normalized spacial score (nSPS) is 30.6. The van der Waals surface area contributed by atoms with Gasteiger partial charge in [0.25, 0.3) is 0 Å². The molecule has 1 aromatic carbocycles. The second kappa shape index (κ2) is 5.19. The first-order chi connectivity index (χ1) is 8.45. The third kappa shape index (κ3) is 2.38. The Morgan fingerprint density at radius 3 is 2.59 bits per heavy atom. The van der Waals surface area contributed by atoms with E-state index in [2.05, 4.69) is 35.2 Å². The van der Waals surface area contributed by atoms with Gasteiger partial charge in [-0.3, -0.25) is 4.90 Å². The molecule has 1 aromatic rings. The molecule has 3 rings (SSSR count). The number of hydrogen-bond acceptors (Lipinski definition) is 2. The Morgan fingerprint density at radius 1 is 1.06 bits per heavy atom. The first kappa shape index (κ1) is 11.2. The van der Waals surface area contributed by atoms with Crippen LogP contribution in [0.3, 0.4) is 0 Å². The molecule has 2 nitrogen and oxygen atoms in total. The predicted molar refractivity (Wildman–Crippen MR) is 69.2 cm³/mol. The number of rotatable bonds is 2. The lowest BCUT2D eigenvalue weighted by Gasteiger charge is -2.38. The van der Waals surface area contributed by atoms with Gasteiger partial charge in [0.05, 0.1) is 6.61 Å². The van der Waals surface area contributed by atoms with E-state index in [0.29, 0.717) is 12.0 Å². The maximum absolute atomic E-state index is 5.70. The summed E-state index contributed by atoms with van der Waals surface area (Å²) < 4.78 is 5.70. The molecule has 92 valence electrons. The molecule has 2 unspecified atom stereocenters. The van der Waals surface area contributed by atoms with E-state index >= 15 is 0 Å². The third-order valence-corrected chi connectivity index (χ3v) is 4.16. The fourth-order valence-corrected chi connectivity index (χ4v) is 3.25. The van der Waals surface area contributed by atoms with Gasteiger partial charge in [0.1, 0.15) is 0 Å². The molecule has 2 heteroatoms. The van der Waals surface area contributed by atoms with Crippen LogP contribution in [0.4, 0.5) is 0 Å². The molecule has 0 N–H and O–H groups in total. The number of ether oxygens (including phenoxy) is 1. The summed E-state index contributed by atoms with van der Waals surface area (Å²) in [5, 5.41) is 0. The average Bonchev–Trinajstić information content (AvgIpc) is 2.94. The van der Waals surface area contributed by atoms with Crippen molar-refractivity contribution in [1.29, 1.82) is 0 Å². The molecule has 0 saturated carbocycles. The highest BCUT2D eigenvalue weighted by Gasteiger charge is 2.32. The molecule has 0 bridgehead atoms. The molecule has 2 aliphatic rings.